The lowest BCUT2D eigenvalue weighted by atomic mass is 10.1. The molecule has 0 aliphatic heterocycles. The molecule has 5 rings (SSSR count). The Balaban J connectivity index is 1.48. The van der Waals surface area contributed by atoms with E-state index in [0.29, 0.717) is 16.7 Å². The summed E-state index contributed by atoms with van der Waals surface area (Å²) in [5.74, 6) is 1.21. The van der Waals surface area contributed by atoms with Crippen LogP contribution < -0.4 is 10.1 Å². The zero-order valence-corrected chi connectivity index (χ0v) is 17.7. The predicted octanol–water partition coefficient (Wildman–Crippen LogP) is 5.30. The van der Waals surface area contributed by atoms with E-state index in [2.05, 4.69) is 15.4 Å². The Kier molecular flexibility index (Phi) is 4.80. The molecule has 0 bridgehead atoms. The molecule has 0 fully saturated rings. The first kappa shape index (κ1) is 19.1. The van der Waals surface area contributed by atoms with Crippen LogP contribution in [0.5, 0.6) is 5.75 Å². The molecule has 0 radical (unpaired) electrons. The number of pyridine rings is 1. The standard InChI is InChI=1S/C23H19ClN6O/c1-15-13-29(14-25-15)20-10-9-18(12-21(20)31-2)26-23-27-22-19(4-3-11-30(22)28-23)16-5-7-17(24)8-6-16/h3-14H,1-2H3,(H,26,28). The van der Waals surface area contributed by atoms with Crippen LogP contribution in [0.2, 0.25) is 5.02 Å². The number of anilines is 2. The van der Waals surface area contributed by atoms with E-state index in [1.54, 1.807) is 18.0 Å². The maximum absolute atomic E-state index is 6.03. The molecule has 0 saturated heterocycles. The van der Waals surface area contributed by atoms with Crippen LogP contribution in [-0.2, 0) is 0 Å². The summed E-state index contributed by atoms with van der Waals surface area (Å²) in [5, 5.41) is 8.53. The molecule has 0 aliphatic carbocycles. The monoisotopic (exact) mass is 430 g/mol. The minimum Gasteiger partial charge on any atom is -0.494 e. The third-order valence-electron chi connectivity index (χ3n) is 4.94. The van der Waals surface area contributed by atoms with Crippen molar-refractivity contribution in [3.05, 3.63) is 84.0 Å². The lowest BCUT2D eigenvalue weighted by Crippen LogP contribution is -1.98. The van der Waals surface area contributed by atoms with Crippen molar-refractivity contribution in [2.45, 2.75) is 6.92 Å². The van der Waals surface area contributed by atoms with E-state index in [1.165, 1.54) is 0 Å². The van der Waals surface area contributed by atoms with Crippen LogP contribution in [0.1, 0.15) is 5.69 Å². The van der Waals surface area contributed by atoms with Gasteiger partial charge >= 0.3 is 0 Å². The Morgan fingerprint density at radius 2 is 1.90 bits per heavy atom. The number of imidazole rings is 1. The summed E-state index contributed by atoms with van der Waals surface area (Å²) >= 11 is 6.03. The van der Waals surface area contributed by atoms with Crippen molar-refractivity contribution in [1.29, 1.82) is 0 Å². The van der Waals surface area contributed by atoms with Gasteiger partial charge in [0.25, 0.3) is 0 Å². The third kappa shape index (κ3) is 3.71. The van der Waals surface area contributed by atoms with Crippen LogP contribution in [0.25, 0.3) is 22.5 Å². The van der Waals surface area contributed by atoms with Crippen LogP contribution in [-0.4, -0.2) is 31.3 Å². The number of hydrogen-bond acceptors (Lipinski definition) is 5. The van der Waals surface area contributed by atoms with E-state index in [1.807, 2.05) is 78.5 Å². The molecule has 8 heteroatoms. The molecular weight excluding hydrogens is 412 g/mol. The zero-order chi connectivity index (χ0) is 21.4. The molecule has 5 aromatic rings. The van der Waals surface area contributed by atoms with E-state index in [0.717, 1.165) is 33.8 Å². The first-order valence-corrected chi connectivity index (χ1v) is 10.1. The average Bonchev–Trinajstić information content (AvgIpc) is 3.39. The van der Waals surface area contributed by atoms with Crippen molar-refractivity contribution in [2.75, 3.05) is 12.4 Å². The molecule has 0 amide bonds. The van der Waals surface area contributed by atoms with Crippen molar-refractivity contribution in [2.24, 2.45) is 0 Å². The highest BCUT2D eigenvalue weighted by atomic mass is 35.5. The van der Waals surface area contributed by atoms with Crippen molar-refractivity contribution in [1.82, 2.24) is 24.1 Å². The van der Waals surface area contributed by atoms with Gasteiger partial charge < -0.3 is 14.6 Å². The van der Waals surface area contributed by atoms with E-state index in [4.69, 9.17) is 21.3 Å². The summed E-state index contributed by atoms with van der Waals surface area (Å²) in [6.45, 7) is 1.95. The van der Waals surface area contributed by atoms with Crippen molar-refractivity contribution in [3.63, 3.8) is 0 Å². The second-order valence-electron chi connectivity index (χ2n) is 7.07. The molecule has 3 heterocycles. The normalized spacial score (nSPS) is 11.1. The highest BCUT2D eigenvalue weighted by Crippen LogP contribution is 2.29. The summed E-state index contributed by atoms with van der Waals surface area (Å²) in [6, 6.07) is 17.5. The Hall–Kier alpha value is -3.84. The fourth-order valence-corrected chi connectivity index (χ4v) is 3.59. The minimum absolute atomic E-state index is 0.495. The van der Waals surface area contributed by atoms with Gasteiger partial charge in [0.05, 0.1) is 24.8 Å². The van der Waals surface area contributed by atoms with Crippen LogP contribution in [0.4, 0.5) is 11.6 Å². The number of aryl methyl sites for hydroxylation is 1. The van der Waals surface area contributed by atoms with Gasteiger partial charge in [-0.3, -0.25) is 0 Å². The van der Waals surface area contributed by atoms with Gasteiger partial charge in [-0.2, -0.15) is 4.98 Å². The number of benzene rings is 2. The summed E-state index contributed by atoms with van der Waals surface area (Å²) in [5.41, 5.74) is 5.42. The largest absolute Gasteiger partial charge is 0.494 e. The number of hydrogen-bond donors (Lipinski definition) is 1. The van der Waals surface area contributed by atoms with Gasteiger partial charge in [-0.15, -0.1) is 5.10 Å². The van der Waals surface area contributed by atoms with Crippen molar-refractivity contribution >= 4 is 28.9 Å². The smallest absolute Gasteiger partial charge is 0.247 e. The number of aromatic nitrogens is 5. The van der Waals surface area contributed by atoms with E-state index in [-0.39, 0.29) is 0 Å². The molecule has 31 heavy (non-hydrogen) atoms. The fourth-order valence-electron chi connectivity index (χ4n) is 3.46. The highest BCUT2D eigenvalue weighted by molar-refractivity contribution is 6.30. The summed E-state index contributed by atoms with van der Waals surface area (Å²) in [4.78, 5) is 8.98. The average molecular weight is 431 g/mol. The zero-order valence-electron chi connectivity index (χ0n) is 17.0. The van der Waals surface area contributed by atoms with Gasteiger partial charge in [0.2, 0.25) is 5.95 Å². The maximum Gasteiger partial charge on any atom is 0.247 e. The third-order valence-corrected chi connectivity index (χ3v) is 5.20. The molecule has 0 spiro atoms. The Morgan fingerprint density at radius 1 is 1.06 bits per heavy atom. The molecule has 2 aromatic carbocycles. The van der Waals surface area contributed by atoms with Crippen LogP contribution in [0.15, 0.2) is 73.3 Å². The Bertz CT molecular complexity index is 1370. The number of halogens is 1. The SMILES string of the molecule is COc1cc(Nc2nc3c(-c4ccc(Cl)cc4)cccn3n2)ccc1-n1cnc(C)c1. The first-order valence-electron chi connectivity index (χ1n) is 9.68. The molecule has 0 atom stereocenters. The van der Waals surface area contributed by atoms with Gasteiger partial charge in [0.1, 0.15) is 5.75 Å². The van der Waals surface area contributed by atoms with Gasteiger partial charge in [0.15, 0.2) is 5.65 Å². The molecule has 3 aromatic heterocycles. The van der Waals surface area contributed by atoms with E-state index >= 15 is 0 Å². The summed E-state index contributed by atoms with van der Waals surface area (Å²) in [7, 11) is 1.65. The second-order valence-corrected chi connectivity index (χ2v) is 7.50. The molecule has 154 valence electrons. The van der Waals surface area contributed by atoms with Gasteiger partial charge in [-0.1, -0.05) is 23.7 Å². The lowest BCUT2D eigenvalue weighted by Gasteiger charge is -2.11. The maximum atomic E-state index is 6.03. The van der Waals surface area contributed by atoms with Crippen LogP contribution in [0.3, 0.4) is 0 Å². The number of fused-ring (bicyclic) bond motifs is 1. The molecule has 7 nitrogen and oxygen atoms in total. The first-order chi connectivity index (χ1) is 15.1. The molecule has 0 saturated carbocycles. The van der Waals surface area contributed by atoms with Gasteiger partial charge in [-0.05, 0) is 48.9 Å². The summed E-state index contributed by atoms with van der Waals surface area (Å²) in [6.07, 6.45) is 5.59. The number of nitrogens with one attached hydrogen (secondary N) is 1. The molecule has 1 N–H and O–H groups in total. The van der Waals surface area contributed by atoms with Crippen LogP contribution in [0, 0.1) is 6.92 Å². The Labute approximate surface area is 183 Å². The number of nitrogens with zero attached hydrogens (tertiary/aromatic N) is 5. The predicted molar refractivity (Wildman–Crippen MR) is 122 cm³/mol. The molecular formula is C23H19ClN6O. The van der Waals surface area contributed by atoms with E-state index < -0.39 is 0 Å². The fraction of sp³-hybridized carbons (Fsp3) is 0.0870. The highest BCUT2D eigenvalue weighted by Gasteiger charge is 2.12. The van der Waals surface area contributed by atoms with Gasteiger partial charge in [-0.25, -0.2) is 9.50 Å². The van der Waals surface area contributed by atoms with Crippen molar-refractivity contribution < 1.29 is 4.74 Å². The number of methoxy groups -OCH3 is 1. The summed E-state index contributed by atoms with van der Waals surface area (Å²) < 4.78 is 9.27. The van der Waals surface area contributed by atoms with Gasteiger partial charge in [0, 0.05) is 34.7 Å². The van der Waals surface area contributed by atoms with Crippen LogP contribution >= 0.6 is 11.6 Å². The number of rotatable bonds is 5. The van der Waals surface area contributed by atoms with Crippen molar-refractivity contribution in [3.8, 4) is 22.6 Å². The topological polar surface area (TPSA) is 69.3 Å². The second kappa shape index (κ2) is 7.77. The lowest BCUT2D eigenvalue weighted by molar-refractivity contribution is 0.413. The number of ether oxygens (including phenoxy) is 1. The Morgan fingerprint density at radius 3 is 2.65 bits per heavy atom. The molecule has 0 aliphatic rings. The molecule has 0 unspecified atom stereocenters. The quantitative estimate of drug-likeness (QED) is 0.410. The minimum atomic E-state index is 0.495. The van der Waals surface area contributed by atoms with E-state index in [9.17, 15) is 0 Å².